The zero-order valence-electron chi connectivity index (χ0n) is 13.1. The second-order valence-electron chi connectivity index (χ2n) is 5.88. The average molecular weight is 366 g/mol. The van der Waals surface area contributed by atoms with Crippen LogP contribution in [0.5, 0.6) is 0 Å². The molecule has 1 aliphatic heterocycles. The zero-order valence-corrected chi connectivity index (χ0v) is 14.6. The first kappa shape index (κ1) is 17.0. The highest BCUT2D eigenvalue weighted by molar-refractivity contribution is 7.89. The minimum atomic E-state index is -3.88. The Balaban J connectivity index is 2.01. The van der Waals surface area contributed by atoms with E-state index in [9.17, 15) is 13.7 Å². The monoisotopic (exact) mass is 365 g/mol. The first-order chi connectivity index (χ1) is 11.4. The molecule has 6 nitrogen and oxygen atoms in total. The summed E-state index contributed by atoms with van der Waals surface area (Å²) in [5, 5.41) is 9.42. The number of sulfonamides is 1. The van der Waals surface area contributed by atoms with Gasteiger partial charge in [0.1, 0.15) is 6.07 Å². The maximum atomic E-state index is 12.8. The largest absolute Gasteiger partial charge is 0.422 e. The normalized spacial score (nSPS) is 19.1. The van der Waals surface area contributed by atoms with Crippen molar-refractivity contribution in [3.05, 3.63) is 35.0 Å². The SMILES string of the molecule is CC1CCCN(S(=O)(=O)c2oc(-c3ccc(Cl)cc3)nc2C#N)C1. The summed E-state index contributed by atoms with van der Waals surface area (Å²) in [5.41, 5.74) is 0.336. The number of hydrogen-bond acceptors (Lipinski definition) is 5. The molecule has 0 radical (unpaired) electrons. The van der Waals surface area contributed by atoms with Crippen molar-refractivity contribution in [1.82, 2.24) is 9.29 Å². The molecule has 1 unspecified atom stereocenters. The Morgan fingerprint density at radius 3 is 2.71 bits per heavy atom. The molecule has 1 saturated heterocycles. The Morgan fingerprint density at radius 2 is 2.08 bits per heavy atom. The van der Waals surface area contributed by atoms with Gasteiger partial charge < -0.3 is 4.42 Å². The van der Waals surface area contributed by atoms with E-state index in [1.807, 2.05) is 13.0 Å². The van der Waals surface area contributed by atoms with Crippen LogP contribution in [-0.4, -0.2) is 30.8 Å². The molecule has 2 aromatic rings. The minimum Gasteiger partial charge on any atom is -0.422 e. The molecule has 3 rings (SSSR count). The van der Waals surface area contributed by atoms with Gasteiger partial charge in [0.15, 0.2) is 5.69 Å². The third-order valence-electron chi connectivity index (χ3n) is 3.99. The van der Waals surface area contributed by atoms with Crippen LogP contribution >= 0.6 is 11.6 Å². The molecular weight excluding hydrogens is 350 g/mol. The van der Waals surface area contributed by atoms with Crippen molar-refractivity contribution >= 4 is 21.6 Å². The summed E-state index contributed by atoms with van der Waals surface area (Å²) >= 11 is 5.84. The van der Waals surface area contributed by atoms with Gasteiger partial charge in [-0.05, 0) is 43.0 Å². The van der Waals surface area contributed by atoms with Crippen LogP contribution in [0, 0.1) is 17.2 Å². The van der Waals surface area contributed by atoms with E-state index < -0.39 is 10.0 Å². The van der Waals surface area contributed by atoms with Crippen LogP contribution in [0.2, 0.25) is 5.02 Å². The molecule has 0 saturated carbocycles. The van der Waals surface area contributed by atoms with Gasteiger partial charge in [-0.25, -0.2) is 8.42 Å². The molecule has 24 heavy (non-hydrogen) atoms. The van der Waals surface area contributed by atoms with Crippen molar-refractivity contribution < 1.29 is 12.8 Å². The summed E-state index contributed by atoms with van der Waals surface area (Å²) in [5.74, 6) is 0.365. The van der Waals surface area contributed by atoms with E-state index in [0.717, 1.165) is 12.8 Å². The van der Waals surface area contributed by atoms with E-state index in [1.54, 1.807) is 24.3 Å². The molecule has 0 N–H and O–H groups in total. The van der Waals surface area contributed by atoms with Crippen LogP contribution in [0.15, 0.2) is 33.8 Å². The lowest BCUT2D eigenvalue weighted by Crippen LogP contribution is -2.39. The third-order valence-corrected chi connectivity index (χ3v) is 6.00. The maximum Gasteiger partial charge on any atom is 0.279 e. The fourth-order valence-corrected chi connectivity index (χ4v) is 4.45. The molecule has 8 heteroatoms. The van der Waals surface area contributed by atoms with Crippen LogP contribution in [0.3, 0.4) is 0 Å². The number of rotatable bonds is 3. The van der Waals surface area contributed by atoms with Crippen molar-refractivity contribution in [2.45, 2.75) is 24.9 Å². The Bertz CT molecular complexity index is 884. The number of nitrogens with zero attached hydrogens (tertiary/aromatic N) is 3. The zero-order chi connectivity index (χ0) is 17.3. The molecule has 0 bridgehead atoms. The van der Waals surface area contributed by atoms with Gasteiger partial charge in [-0.3, -0.25) is 0 Å². The summed E-state index contributed by atoms with van der Waals surface area (Å²) < 4.78 is 32.5. The van der Waals surface area contributed by atoms with E-state index in [4.69, 9.17) is 16.0 Å². The molecular formula is C16H16ClN3O3S. The Hall–Kier alpha value is -1.88. The van der Waals surface area contributed by atoms with E-state index >= 15 is 0 Å². The lowest BCUT2D eigenvalue weighted by molar-refractivity contribution is 0.275. The molecule has 0 amide bonds. The van der Waals surface area contributed by atoms with E-state index in [2.05, 4.69) is 4.98 Å². The van der Waals surface area contributed by atoms with Crippen LogP contribution in [0.25, 0.3) is 11.5 Å². The maximum absolute atomic E-state index is 12.8. The highest BCUT2D eigenvalue weighted by atomic mass is 35.5. The van der Waals surface area contributed by atoms with Gasteiger partial charge in [-0.15, -0.1) is 0 Å². The molecule has 2 heterocycles. The molecule has 1 atom stereocenters. The Labute approximate surface area is 145 Å². The fourth-order valence-electron chi connectivity index (χ4n) is 2.75. The molecule has 1 aromatic carbocycles. The van der Waals surface area contributed by atoms with Gasteiger partial charge in [0.2, 0.25) is 5.89 Å². The smallest absolute Gasteiger partial charge is 0.279 e. The van der Waals surface area contributed by atoms with Crippen LogP contribution in [0.1, 0.15) is 25.5 Å². The molecule has 1 aliphatic rings. The summed E-state index contributed by atoms with van der Waals surface area (Å²) in [4.78, 5) is 4.03. The van der Waals surface area contributed by atoms with Crippen molar-refractivity contribution in [3.63, 3.8) is 0 Å². The second-order valence-corrected chi connectivity index (χ2v) is 8.16. The molecule has 0 spiro atoms. The second kappa shape index (κ2) is 6.55. The number of halogens is 1. The van der Waals surface area contributed by atoms with Gasteiger partial charge in [-0.1, -0.05) is 18.5 Å². The van der Waals surface area contributed by atoms with Gasteiger partial charge in [0.05, 0.1) is 0 Å². The number of aromatic nitrogens is 1. The predicted octanol–water partition coefficient (Wildman–Crippen LogP) is 3.29. The fraction of sp³-hybridized carbons (Fsp3) is 0.375. The van der Waals surface area contributed by atoms with Crippen molar-refractivity contribution in [3.8, 4) is 17.5 Å². The molecule has 1 fully saturated rings. The quantitative estimate of drug-likeness (QED) is 0.832. The number of hydrogen-bond donors (Lipinski definition) is 0. The number of oxazole rings is 1. The topological polar surface area (TPSA) is 87.2 Å². The first-order valence-corrected chi connectivity index (χ1v) is 9.40. The summed E-state index contributed by atoms with van der Waals surface area (Å²) in [6.45, 7) is 2.85. The van der Waals surface area contributed by atoms with Crippen molar-refractivity contribution in [1.29, 1.82) is 5.26 Å². The summed E-state index contributed by atoms with van der Waals surface area (Å²) in [6.07, 6.45) is 1.78. The van der Waals surface area contributed by atoms with Crippen LogP contribution < -0.4 is 0 Å². The van der Waals surface area contributed by atoms with E-state index in [1.165, 1.54) is 4.31 Å². The van der Waals surface area contributed by atoms with E-state index in [0.29, 0.717) is 23.7 Å². The van der Waals surface area contributed by atoms with Crippen LogP contribution in [0.4, 0.5) is 0 Å². The summed E-state index contributed by atoms with van der Waals surface area (Å²) in [6, 6.07) is 8.43. The highest BCUT2D eigenvalue weighted by Crippen LogP contribution is 2.30. The minimum absolute atomic E-state index is 0.0897. The van der Waals surface area contributed by atoms with E-state index in [-0.39, 0.29) is 22.6 Å². The van der Waals surface area contributed by atoms with Gasteiger partial charge >= 0.3 is 0 Å². The van der Waals surface area contributed by atoms with Crippen LogP contribution in [-0.2, 0) is 10.0 Å². The van der Waals surface area contributed by atoms with Gasteiger partial charge in [-0.2, -0.15) is 14.6 Å². The Kier molecular flexibility index (Phi) is 4.63. The lowest BCUT2D eigenvalue weighted by Gasteiger charge is -2.28. The lowest BCUT2D eigenvalue weighted by atomic mass is 10.0. The Morgan fingerprint density at radius 1 is 1.38 bits per heavy atom. The number of nitriles is 1. The average Bonchev–Trinajstić information content (AvgIpc) is 3.00. The summed E-state index contributed by atoms with van der Waals surface area (Å²) in [7, 11) is -3.88. The van der Waals surface area contributed by atoms with Gasteiger partial charge in [0.25, 0.3) is 15.1 Å². The van der Waals surface area contributed by atoms with Crippen molar-refractivity contribution in [2.24, 2.45) is 5.92 Å². The highest BCUT2D eigenvalue weighted by Gasteiger charge is 2.35. The van der Waals surface area contributed by atoms with Crippen molar-refractivity contribution in [2.75, 3.05) is 13.1 Å². The van der Waals surface area contributed by atoms with Gasteiger partial charge in [0, 0.05) is 23.7 Å². The number of benzene rings is 1. The molecule has 0 aliphatic carbocycles. The number of piperidine rings is 1. The first-order valence-electron chi connectivity index (χ1n) is 7.59. The molecule has 1 aromatic heterocycles. The third kappa shape index (κ3) is 3.18. The molecule has 126 valence electrons. The predicted molar refractivity (Wildman–Crippen MR) is 88.8 cm³/mol. The standard InChI is InChI=1S/C16H16ClN3O3S/c1-11-3-2-8-20(10-11)24(21,22)16-14(9-18)19-15(23-16)12-4-6-13(17)7-5-12/h4-7,11H,2-3,8,10H2,1H3.